The SMILES string of the molecule is ClCC1CN(c2ncc(Cl)cn2)CCO1. The summed E-state index contributed by atoms with van der Waals surface area (Å²) in [6, 6.07) is 0. The molecule has 1 unspecified atom stereocenters. The Labute approximate surface area is 98.2 Å². The first-order chi connectivity index (χ1) is 7.29. The van der Waals surface area contributed by atoms with Gasteiger partial charge in [0.15, 0.2) is 0 Å². The van der Waals surface area contributed by atoms with Crippen LogP contribution in [0.25, 0.3) is 0 Å². The third-order valence-electron chi connectivity index (χ3n) is 2.20. The van der Waals surface area contributed by atoms with Crippen LogP contribution in [0.3, 0.4) is 0 Å². The van der Waals surface area contributed by atoms with Gasteiger partial charge in [-0.25, -0.2) is 9.97 Å². The lowest BCUT2D eigenvalue weighted by Gasteiger charge is -2.31. The van der Waals surface area contributed by atoms with E-state index >= 15 is 0 Å². The van der Waals surface area contributed by atoms with Crippen LogP contribution in [-0.4, -0.2) is 41.6 Å². The van der Waals surface area contributed by atoms with Gasteiger partial charge >= 0.3 is 0 Å². The highest BCUT2D eigenvalue weighted by Crippen LogP contribution is 2.14. The van der Waals surface area contributed by atoms with E-state index < -0.39 is 0 Å². The van der Waals surface area contributed by atoms with Crippen molar-refractivity contribution in [3.63, 3.8) is 0 Å². The molecule has 1 fully saturated rings. The maximum atomic E-state index is 5.74. The largest absolute Gasteiger partial charge is 0.373 e. The lowest BCUT2D eigenvalue weighted by molar-refractivity contribution is 0.0548. The first-order valence-corrected chi connectivity index (χ1v) is 5.61. The Morgan fingerprint density at radius 2 is 2.20 bits per heavy atom. The lowest BCUT2D eigenvalue weighted by atomic mass is 10.3. The molecule has 1 aromatic rings. The van der Waals surface area contributed by atoms with E-state index in [1.54, 1.807) is 12.4 Å². The molecule has 82 valence electrons. The summed E-state index contributed by atoms with van der Waals surface area (Å²) >= 11 is 11.5. The fraction of sp³-hybridized carbons (Fsp3) is 0.556. The number of nitrogens with zero attached hydrogens (tertiary/aromatic N) is 3. The smallest absolute Gasteiger partial charge is 0.225 e. The van der Waals surface area contributed by atoms with Crippen molar-refractivity contribution in [1.29, 1.82) is 0 Å². The Kier molecular flexibility index (Phi) is 3.61. The zero-order valence-electron chi connectivity index (χ0n) is 8.07. The molecule has 0 saturated carbocycles. The van der Waals surface area contributed by atoms with Crippen molar-refractivity contribution in [1.82, 2.24) is 9.97 Å². The number of alkyl halides is 1. The summed E-state index contributed by atoms with van der Waals surface area (Å²) in [6.45, 7) is 2.17. The van der Waals surface area contributed by atoms with E-state index in [0.29, 0.717) is 23.5 Å². The topological polar surface area (TPSA) is 38.2 Å². The summed E-state index contributed by atoms with van der Waals surface area (Å²) in [5.41, 5.74) is 0. The van der Waals surface area contributed by atoms with Gasteiger partial charge in [-0.1, -0.05) is 11.6 Å². The maximum absolute atomic E-state index is 5.74. The Morgan fingerprint density at radius 1 is 1.47 bits per heavy atom. The number of rotatable bonds is 2. The predicted octanol–water partition coefficient (Wildman–Crippen LogP) is 1.57. The maximum Gasteiger partial charge on any atom is 0.225 e. The highest BCUT2D eigenvalue weighted by molar-refractivity contribution is 6.30. The molecule has 0 aliphatic carbocycles. The third-order valence-corrected chi connectivity index (χ3v) is 2.74. The van der Waals surface area contributed by atoms with Gasteiger partial charge in [-0.05, 0) is 0 Å². The molecule has 1 aliphatic heterocycles. The number of anilines is 1. The van der Waals surface area contributed by atoms with E-state index in [1.165, 1.54) is 0 Å². The highest BCUT2D eigenvalue weighted by atomic mass is 35.5. The van der Waals surface area contributed by atoms with Crippen molar-refractivity contribution >= 4 is 29.2 Å². The van der Waals surface area contributed by atoms with Gasteiger partial charge < -0.3 is 9.64 Å². The van der Waals surface area contributed by atoms with Crippen LogP contribution in [0.4, 0.5) is 5.95 Å². The van der Waals surface area contributed by atoms with Crippen molar-refractivity contribution in [2.24, 2.45) is 0 Å². The van der Waals surface area contributed by atoms with E-state index in [4.69, 9.17) is 27.9 Å². The van der Waals surface area contributed by atoms with Crippen molar-refractivity contribution in [2.45, 2.75) is 6.10 Å². The first kappa shape index (κ1) is 10.9. The molecule has 0 amide bonds. The third kappa shape index (κ3) is 2.71. The number of hydrogen-bond donors (Lipinski definition) is 0. The summed E-state index contributed by atoms with van der Waals surface area (Å²) in [5, 5.41) is 0.543. The molecule has 6 heteroatoms. The summed E-state index contributed by atoms with van der Waals surface area (Å²) in [7, 11) is 0. The fourth-order valence-corrected chi connectivity index (χ4v) is 1.75. The van der Waals surface area contributed by atoms with Crippen molar-refractivity contribution in [3.8, 4) is 0 Å². The number of halogens is 2. The molecule has 4 nitrogen and oxygen atoms in total. The Balaban J connectivity index is 2.06. The van der Waals surface area contributed by atoms with Gasteiger partial charge in [0.05, 0.1) is 36.0 Å². The normalized spacial score (nSPS) is 21.7. The Bertz CT molecular complexity index is 320. The molecule has 0 bridgehead atoms. The molecule has 0 N–H and O–H groups in total. The van der Waals surface area contributed by atoms with E-state index in [9.17, 15) is 0 Å². The van der Waals surface area contributed by atoms with Crippen LogP contribution in [0, 0.1) is 0 Å². The summed E-state index contributed by atoms with van der Waals surface area (Å²) in [6.07, 6.45) is 3.24. The molecule has 2 heterocycles. The fourth-order valence-electron chi connectivity index (χ4n) is 1.46. The number of morpholine rings is 1. The monoisotopic (exact) mass is 247 g/mol. The Morgan fingerprint density at radius 3 is 2.87 bits per heavy atom. The minimum Gasteiger partial charge on any atom is -0.373 e. The molecular formula is C9H11Cl2N3O. The van der Waals surface area contributed by atoms with E-state index in [0.717, 1.165) is 13.1 Å². The minimum atomic E-state index is 0.0553. The molecule has 1 atom stereocenters. The molecule has 1 aliphatic rings. The van der Waals surface area contributed by atoms with Crippen molar-refractivity contribution < 1.29 is 4.74 Å². The molecule has 1 aromatic heterocycles. The van der Waals surface area contributed by atoms with Crippen LogP contribution in [-0.2, 0) is 4.74 Å². The van der Waals surface area contributed by atoms with Crippen LogP contribution in [0.1, 0.15) is 0 Å². The zero-order valence-corrected chi connectivity index (χ0v) is 9.58. The Hall–Kier alpha value is -0.580. The molecule has 0 aromatic carbocycles. The molecule has 15 heavy (non-hydrogen) atoms. The molecular weight excluding hydrogens is 237 g/mol. The number of hydrogen-bond acceptors (Lipinski definition) is 4. The predicted molar refractivity (Wildman–Crippen MR) is 59.7 cm³/mol. The van der Waals surface area contributed by atoms with E-state index in [-0.39, 0.29) is 6.10 Å². The standard InChI is InChI=1S/C9H11Cl2N3O/c10-3-8-6-14(1-2-15-8)9-12-4-7(11)5-13-9/h4-5,8H,1-3,6H2. The van der Waals surface area contributed by atoms with E-state index in [2.05, 4.69) is 9.97 Å². The average Bonchev–Trinajstić information content (AvgIpc) is 2.30. The zero-order chi connectivity index (χ0) is 10.7. The minimum absolute atomic E-state index is 0.0553. The van der Waals surface area contributed by atoms with Crippen LogP contribution < -0.4 is 4.90 Å². The first-order valence-electron chi connectivity index (χ1n) is 4.69. The average molecular weight is 248 g/mol. The van der Waals surface area contributed by atoms with Crippen LogP contribution in [0.2, 0.25) is 5.02 Å². The van der Waals surface area contributed by atoms with Gasteiger partial charge in [0.1, 0.15) is 0 Å². The summed E-state index contributed by atoms with van der Waals surface area (Å²) < 4.78 is 5.45. The quantitative estimate of drug-likeness (QED) is 0.744. The second kappa shape index (κ2) is 4.96. The second-order valence-corrected chi connectivity index (χ2v) is 4.04. The summed E-state index contributed by atoms with van der Waals surface area (Å²) in [4.78, 5) is 10.4. The van der Waals surface area contributed by atoms with Crippen LogP contribution >= 0.6 is 23.2 Å². The second-order valence-electron chi connectivity index (χ2n) is 3.29. The van der Waals surface area contributed by atoms with Crippen LogP contribution in [0.15, 0.2) is 12.4 Å². The molecule has 0 spiro atoms. The number of aromatic nitrogens is 2. The van der Waals surface area contributed by atoms with Gasteiger partial charge in [-0.3, -0.25) is 0 Å². The summed E-state index contributed by atoms with van der Waals surface area (Å²) in [5.74, 6) is 1.17. The van der Waals surface area contributed by atoms with Gasteiger partial charge in [-0.2, -0.15) is 0 Å². The molecule has 1 saturated heterocycles. The molecule has 0 radical (unpaired) electrons. The van der Waals surface area contributed by atoms with Gasteiger partial charge in [0.25, 0.3) is 0 Å². The van der Waals surface area contributed by atoms with Crippen LogP contribution in [0.5, 0.6) is 0 Å². The van der Waals surface area contributed by atoms with Crippen molar-refractivity contribution in [3.05, 3.63) is 17.4 Å². The molecule has 2 rings (SSSR count). The van der Waals surface area contributed by atoms with Crippen molar-refractivity contribution in [2.75, 3.05) is 30.5 Å². The van der Waals surface area contributed by atoms with Gasteiger partial charge in [0.2, 0.25) is 5.95 Å². The lowest BCUT2D eigenvalue weighted by Crippen LogP contribution is -2.44. The highest BCUT2D eigenvalue weighted by Gasteiger charge is 2.21. The number of ether oxygens (including phenoxy) is 1. The van der Waals surface area contributed by atoms with Gasteiger partial charge in [-0.15, -0.1) is 11.6 Å². The van der Waals surface area contributed by atoms with E-state index in [1.807, 2.05) is 4.90 Å². The van der Waals surface area contributed by atoms with Gasteiger partial charge in [0, 0.05) is 13.1 Å².